The van der Waals surface area contributed by atoms with Crippen molar-refractivity contribution >= 4 is 28.8 Å². The van der Waals surface area contributed by atoms with Crippen LogP contribution < -0.4 is 4.74 Å². The molecule has 3 aromatic rings. The highest BCUT2D eigenvalue weighted by atomic mass is 32.2. The molecule has 148 valence electrons. The Morgan fingerprint density at radius 2 is 2.00 bits per heavy atom. The van der Waals surface area contributed by atoms with E-state index in [2.05, 4.69) is 4.98 Å². The highest BCUT2D eigenvalue weighted by Gasteiger charge is 2.19. The Bertz CT molecular complexity index is 953. The van der Waals surface area contributed by atoms with Crippen LogP contribution in [0.5, 0.6) is 11.5 Å². The van der Waals surface area contributed by atoms with E-state index in [-0.39, 0.29) is 17.0 Å². The number of benzene rings is 2. The maximum Gasteiger partial charge on any atom is 0.319 e. The molecule has 0 radical (unpaired) electrons. The Morgan fingerprint density at radius 3 is 2.68 bits per heavy atom. The summed E-state index contributed by atoms with van der Waals surface area (Å²) in [7, 11) is 1.90. The number of aromatic hydroxyl groups is 1. The number of esters is 1. The van der Waals surface area contributed by atoms with Gasteiger partial charge < -0.3 is 19.1 Å². The van der Waals surface area contributed by atoms with Crippen molar-refractivity contribution in [2.75, 3.05) is 12.9 Å². The molecular formula is C21H24N2O4S. The molecule has 0 fully saturated rings. The van der Waals surface area contributed by atoms with Crippen LogP contribution in [0.15, 0.2) is 42.5 Å². The molecule has 28 heavy (non-hydrogen) atoms. The number of rotatable bonds is 8. The molecule has 0 aliphatic rings. The number of phenolic OH excluding ortho intramolecular Hbond substituents is 1. The average molecular weight is 401 g/mol. The van der Waals surface area contributed by atoms with Crippen molar-refractivity contribution in [3.05, 3.63) is 53.9 Å². The minimum atomic E-state index is -0.205. The topological polar surface area (TPSA) is 73.6 Å². The highest BCUT2D eigenvalue weighted by molar-refractivity contribution is 7.99. The molecule has 0 amide bonds. The predicted octanol–water partition coefficient (Wildman–Crippen LogP) is 3.70. The molecule has 1 atom stereocenters. The summed E-state index contributed by atoms with van der Waals surface area (Å²) in [4.78, 5) is 16.5. The first-order valence-electron chi connectivity index (χ1n) is 9.07. The maximum atomic E-state index is 11.9. The number of carbonyl (C=O) groups is 1. The minimum absolute atomic E-state index is 0.178. The van der Waals surface area contributed by atoms with Gasteiger partial charge in [-0.15, -0.1) is 11.8 Å². The van der Waals surface area contributed by atoms with E-state index in [1.165, 1.54) is 11.8 Å². The second-order valence-corrected chi connectivity index (χ2v) is 7.41. The summed E-state index contributed by atoms with van der Waals surface area (Å²) >= 11 is 1.49. The second-order valence-electron chi connectivity index (χ2n) is 6.37. The zero-order valence-corrected chi connectivity index (χ0v) is 17.0. The van der Waals surface area contributed by atoms with Crippen LogP contribution in [0, 0.1) is 0 Å². The third-order valence-electron chi connectivity index (χ3n) is 4.50. The van der Waals surface area contributed by atoms with Crippen molar-refractivity contribution in [2.24, 2.45) is 7.05 Å². The summed E-state index contributed by atoms with van der Waals surface area (Å²) in [5.41, 5.74) is 2.73. The van der Waals surface area contributed by atoms with Crippen molar-refractivity contribution in [3.8, 4) is 11.5 Å². The number of hydrogen-bond acceptors (Lipinski definition) is 6. The van der Waals surface area contributed by atoms with E-state index in [0.717, 1.165) is 28.2 Å². The molecule has 0 saturated heterocycles. The van der Waals surface area contributed by atoms with Gasteiger partial charge in [0, 0.05) is 13.1 Å². The van der Waals surface area contributed by atoms with Gasteiger partial charge in [-0.05, 0) is 49.4 Å². The predicted molar refractivity (Wildman–Crippen MR) is 111 cm³/mol. The third-order valence-corrected chi connectivity index (χ3v) is 5.43. The molecule has 0 saturated carbocycles. The van der Waals surface area contributed by atoms with Crippen LogP contribution in [0.3, 0.4) is 0 Å². The molecule has 0 aliphatic carbocycles. The summed E-state index contributed by atoms with van der Waals surface area (Å²) in [6.07, 6.45) is 2.53. The summed E-state index contributed by atoms with van der Waals surface area (Å²) < 4.78 is 12.9. The zero-order chi connectivity index (χ0) is 20.1. The lowest BCUT2D eigenvalue weighted by Gasteiger charge is -2.13. The molecular weight excluding hydrogens is 376 g/mol. The van der Waals surface area contributed by atoms with Crippen LogP contribution in [0.4, 0.5) is 0 Å². The molecule has 1 N–H and O–H groups in total. The van der Waals surface area contributed by atoms with Gasteiger partial charge in [0.2, 0.25) is 0 Å². The number of imidazole rings is 1. The quantitative estimate of drug-likeness (QED) is 0.581. The largest absolute Gasteiger partial charge is 0.508 e. The Balaban J connectivity index is 1.63. The van der Waals surface area contributed by atoms with Gasteiger partial charge in [0.05, 0.1) is 17.6 Å². The lowest BCUT2D eigenvalue weighted by Crippen LogP contribution is -2.22. The van der Waals surface area contributed by atoms with Gasteiger partial charge in [0.25, 0.3) is 0 Å². The SMILES string of the molecule is CCOC(=O)C(Cc1ccc(OCc2nc3ccc(O)cc3n2C)cc1)SC. The van der Waals surface area contributed by atoms with Crippen molar-refractivity contribution in [1.82, 2.24) is 9.55 Å². The fourth-order valence-electron chi connectivity index (χ4n) is 2.94. The molecule has 0 aliphatic heterocycles. The van der Waals surface area contributed by atoms with E-state index < -0.39 is 0 Å². The summed E-state index contributed by atoms with van der Waals surface area (Å²) in [5, 5.41) is 9.43. The van der Waals surface area contributed by atoms with Crippen LogP contribution in [0.2, 0.25) is 0 Å². The first kappa shape index (κ1) is 20.1. The normalized spacial score (nSPS) is 12.1. The molecule has 6 nitrogen and oxygen atoms in total. The van der Waals surface area contributed by atoms with Crippen molar-refractivity contribution in [2.45, 2.75) is 25.2 Å². The Labute approximate surface area is 168 Å². The lowest BCUT2D eigenvalue weighted by molar-refractivity contribution is -0.142. The fraction of sp³-hybridized carbons (Fsp3) is 0.333. The minimum Gasteiger partial charge on any atom is -0.508 e. The standard InChI is InChI=1S/C21H24N2O4S/c1-4-26-21(25)19(28-3)11-14-5-8-16(9-6-14)27-13-20-22-17-10-7-15(24)12-18(17)23(20)2/h5-10,12,19,24H,4,11,13H2,1-3H3. The first-order chi connectivity index (χ1) is 13.5. The molecule has 3 rings (SSSR count). The van der Waals surface area contributed by atoms with Crippen molar-refractivity contribution in [1.29, 1.82) is 0 Å². The monoisotopic (exact) mass is 400 g/mol. The molecule has 0 spiro atoms. The van der Waals surface area contributed by atoms with Crippen molar-refractivity contribution in [3.63, 3.8) is 0 Å². The third kappa shape index (κ3) is 4.59. The smallest absolute Gasteiger partial charge is 0.319 e. The second kappa shape index (κ2) is 9.01. The van der Waals surface area contributed by atoms with E-state index >= 15 is 0 Å². The van der Waals surface area contributed by atoms with E-state index in [1.807, 2.05) is 49.1 Å². The lowest BCUT2D eigenvalue weighted by atomic mass is 10.1. The number of hydrogen-bond donors (Lipinski definition) is 1. The van der Waals surface area contributed by atoms with Gasteiger partial charge in [0.15, 0.2) is 0 Å². The number of nitrogens with zero attached hydrogens (tertiary/aromatic N) is 2. The van der Waals surface area contributed by atoms with E-state index in [9.17, 15) is 9.90 Å². The number of phenols is 1. The molecule has 1 unspecified atom stereocenters. The average Bonchev–Trinajstić information content (AvgIpc) is 3.01. The van der Waals surface area contributed by atoms with E-state index in [1.54, 1.807) is 18.2 Å². The fourth-order valence-corrected chi connectivity index (χ4v) is 3.56. The van der Waals surface area contributed by atoms with Gasteiger partial charge in [-0.25, -0.2) is 4.98 Å². The van der Waals surface area contributed by atoms with Gasteiger partial charge in [-0.1, -0.05) is 12.1 Å². The van der Waals surface area contributed by atoms with Crippen LogP contribution in [0.1, 0.15) is 18.3 Å². The van der Waals surface area contributed by atoms with Crippen LogP contribution in [0.25, 0.3) is 11.0 Å². The number of carbonyl (C=O) groups excluding carboxylic acids is 1. The zero-order valence-electron chi connectivity index (χ0n) is 16.2. The number of thioether (sulfide) groups is 1. The van der Waals surface area contributed by atoms with Gasteiger partial charge >= 0.3 is 5.97 Å². The number of ether oxygens (including phenoxy) is 2. The van der Waals surface area contributed by atoms with Crippen LogP contribution in [-0.4, -0.2) is 38.7 Å². The molecule has 1 heterocycles. The Morgan fingerprint density at radius 1 is 1.25 bits per heavy atom. The summed E-state index contributed by atoms with van der Waals surface area (Å²) in [6, 6.07) is 12.8. The van der Waals surface area contributed by atoms with Crippen LogP contribution >= 0.6 is 11.8 Å². The van der Waals surface area contributed by atoms with E-state index in [0.29, 0.717) is 19.6 Å². The van der Waals surface area contributed by atoms with Gasteiger partial charge in [-0.2, -0.15) is 0 Å². The molecule has 1 aromatic heterocycles. The number of aromatic nitrogens is 2. The van der Waals surface area contributed by atoms with Gasteiger partial charge in [-0.3, -0.25) is 4.79 Å². The van der Waals surface area contributed by atoms with Crippen LogP contribution in [-0.2, 0) is 29.6 Å². The highest BCUT2D eigenvalue weighted by Crippen LogP contribution is 2.22. The van der Waals surface area contributed by atoms with Gasteiger partial charge in [0.1, 0.15) is 29.2 Å². The Hall–Kier alpha value is -2.67. The number of fused-ring (bicyclic) bond motifs is 1. The first-order valence-corrected chi connectivity index (χ1v) is 10.4. The number of aryl methyl sites for hydroxylation is 1. The van der Waals surface area contributed by atoms with Crippen molar-refractivity contribution < 1.29 is 19.4 Å². The van der Waals surface area contributed by atoms with E-state index in [4.69, 9.17) is 9.47 Å². The summed E-state index contributed by atoms with van der Waals surface area (Å²) in [6.45, 7) is 2.53. The molecule has 2 aromatic carbocycles. The summed E-state index contributed by atoms with van der Waals surface area (Å²) in [5.74, 6) is 1.54. The molecule has 0 bridgehead atoms. The molecule has 7 heteroatoms. The Kier molecular flexibility index (Phi) is 6.46. The maximum absolute atomic E-state index is 11.9.